The predicted octanol–water partition coefficient (Wildman–Crippen LogP) is 1.24. The van der Waals surface area contributed by atoms with Gasteiger partial charge in [-0.25, -0.2) is 4.98 Å². The van der Waals surface area contributed by atoms with Gasteiger partial charge in [0.2, 0.25) is 0 Å². The molecule has 0 fully saturated rings. The average molecular weight is 351 g/mol. The first-order chi connectivity index (χ1) is 11.5. The van der Waals surface area contributed by atoms with Gasteiger partial charge in [0.05, 0.1) is 29.6 Å². The van der Waals surface area contributed by atoms with E-state index in [4.69, 9.17) is 21.5 Å². The Labute approximate surface area is 138 Å². The third-order valence-electron chi connectivity index (χ3n) is 3.27. The second kappa shape index (κ2) is 6.30. The number of nitrogens with one attached hydrogen (secondary N) is 3. The maximum absolute atomic E-state index is 12.1. The summed E-state index contributed by atoms with van der Waals surface area (Å²) in [4.78, 5) is 43.9. The van der Waals surface area contributed by atoms with Gasteiger partial charge in [-0.3, -0.25) is 34.9 Å². The first-order valence-corrected chi connectivity index (χ1v) is 7.18. The molecule has 0 unspecified atom stereocenters. The Kier molecular flexibility index (Phi) is 4.19. The van der Waals surface area contributed by atoms with Crippen LogP contribution < -0.4 is 16.6 Å². The highest BCUT2D eigenvalue weighted by Gasteiger charge is 2.15. The van der Waals surface area contributed by atoms with Gasteiger partial charge in [0.15, 0.2) is 0 Å². The Balaban J connectivity index is 2.21. The third-order valence-corrected chi connectivity index (χ3v) is 3.51. The molecule has 0 aliphatic carbocycles. The van der Waals surface area contributed by atoms with Gasteiger partial charge in [-0.2, -0.15) is 0 Å². The molecule has 124 valence electrons. The minimum atomic E-state index is -1.03. The summed E-state index contributed by atoms with van der Waals surface area (Å²) in [6.45, 7) is -0.130. The summed E-state index contributed by atoms with van der Waals surface area (Å²) in [6, 6.07) is 4.76. The number of carboxylic acids is 1. The SMILES string of the molecule is O=C(O)CCONc1c2ccc(Cl)cc2nc2c(=O)[nH][nH]c(=O)c12. The predicted molar refractivity (Wildman–Crippen MR) is 87.3 cm³/mol. The summed E-state index contributed by atoms with van der Waals surface area (Å²) in [5.41, 5.74) is 1.91. The molecule has 2 aromatic heterocycles. The number of benzene rings is 1. The normalized spacial score (nSPS) is 11.0. The van der Waals surface area contributed by atoms with Gasteiger partial charge in [0, 0.05) is 10.4 Å². The lowest BCUT2D eigenvalue weighted by molar-refractivity contribution is -0.137. The van der Waals surface area contributed by atoms with Crippen molar-refractivity contribution in [2.75, 3.05) is 12.1 Å². The van der Waals surface area contributed by atoms with Crippen LogP contribution in [0.4, 0.5) is 5.69 Å². The molecule has 9 nitrogen and oxygen atoms in total. The van der Waals surface area contributed by atoms with E-state index in [-0.39, 0.29) is 29.6 Å². The second-order valence-electron chi connectivity index (χ2n) is 4.87. The molecular weight excluding hydrogens is 340 g/mol. The zero-order valence-electron chi connectivity index (χ0n) is 12.1. The van der Waals surface area contributed by atoms with Crippen LogP contribution in [0.15, 0.2) is 27.8 Å². The molecule has 4 N–H and O–H groups in total. The molecule has 0 saturated carbocycles. The van der Waals surface area contributed by atoms with Crippen molar-refractivity contribution < 1.29 is 14.7 Å². The largest absolute Gasteiger partial charge is 0.481 e. The minimum absolute atomic E-state index is 0.00361. The molecule has 1 aromatic carbocycles. The van der Waals surface area contributed by atoms with Crippen molar-refractivity contribution >= 4 is 45.1 Å². The highest BCUT2D eigenvalue weighted by molar-refractivity contribution is 6.31. The van der Waals surface area contributed by atoms with Gasteiger partial charge < -0.3 is 5.11 Å². The first-order valence-electron chi connectivity index (χ1n) is 6.81. The van der Waals surface area contributed by atoms with E-state index < -0.39 is 17.1 Å². The average Bonchev–Trinajstić information content (AvgIpc) is 2.53. The Hall–Kier alpha value is -2.91. The number of hydrogen-bond donors (Lipinski definition) is 4. The van der Waals surface area contributed by atoms with Crippen LogP contribution in [-0.2, 0) is 9.63 Å². The molecule has 0 aliphatic heterocycles. The van der Waals surface area contributed by atoms with Crippen molar-refractivity contribution in [3.63, 3.8) is 0 Å². The van der Waals surface area contributed by atoms with Crippen molar-refractivity contribution in [3.05, 3.63) is 43.9 Å². The highest BCUT2D eigenvalue weighted by Crippen LogP contribution is 2.29. The fraction of sp³-hybridized carbons (Fsp3) is 0.143. The van der Waals surface area contributed by atoms with E-state index in [0.717, 1.165) is 0 Å². The van der Waals surface area contributed by atoms with Crippen molar-refractivity contribution in [1.29, 1.82) is 0 Å². The quantitative estimate of drug-likeness (QED) is 0.308. The molecule has 0 amide bonds. The molecule has 3 rings (SSSR count). The van der Waals surface area contributed by atoms with Gasteiger partial charge in [-0.1, -0.05) is 11.6 Å². The monoisotopic (exact) mass is 350 g/mol. The molecule has 10 heteroatoms. The maximum atomic E-state index is 12.1. The van der Waals surface area contributed by atoms with E-state index in [2.05, 4.69) is 20.7 Å². The molecule has 0 aliphatic rings. The Morgan fingerprint density at radius 2 is 2.04 bits per heavy atom. The minimum Gasteiger partial charge on any atom is -0.481 e. The number of carboxylic acid groups (broad SMARTS) is 1. The summed E-state index contributed by atoms with van der Waals surface area (Å²) in [7, 11) is 0. The van der Waals surface area contributed by atoms with Crippen molar-refractivity contribution in [2.24, 2.45) is 0 Å². The third kappa shape index (κ3) is 2.94. The molecule has 24 heavy (non-hydrogen) atoms. The van der Waals surface area contributed by atoms with E-state index in [0.29, 0.717) is 15.9 Å². The topological polar surface area (TPSA) is 137 Å². The smallest absolute Gasteiger partial charge is 0.305 e. The summed E-state index contributed by atoms with van der Waals surface area (Å²) in [5, 5.41) is 14.0. The van der Waals surface area contributed by atoms with Crippen LogP contribution in [-0.4, -0.2) is 32.9 Å². The number of fused-ring (bicyclic) bond motifs is 2. The van der Waals surface area contributed by atoms with Gasteiger partial charge in [0.25, 0.3) is 11.1 Å². The molecule has 0 atom stereocenters. The maximum Gasteiger partial charge on any atom is 0.305 e. The van der Waals surface area contributed by atoms with E-state index >= 15 is 0 Å². The Bertz CT molecular complexity index is 1060. The number of rotatable bonds is 5. The number of halogens is 1. The first kappa shape index (κ1) is 16.0. The summed E-state index contributed by atoms with van der Waals surface area (Å²) in [6.07, 6.45) is -0.225. The van der Waals surface area contributed by atoms with E-state index in [9.17, 15) is 14.4 Å². The van der Waals surface area contributed by atoms with Crippen molar-refractivity contribution in [1.82, 2.24) is 15.2 Å². The van der Waals surface area contributed by atoms with E-state index in [1.54, 1.807) is 18.2 Å². The lowest BCUT2D eigenvalue weighted by Crippen LogP contribution is -2.21. The zero-order chi connectivity index (χ0) is 17.3. The van der Waals surface area contributed by atoms with Crippen LogP contribution in [0.3, 0.4) is 0 Å². The molecule has 0 bridgehead atoms. The number of aromatic amines is 2. The number of carbonyl (C=O) groups is 1. The summed E-state index contributed by atoms with van der Waals surface area (Å²) >= 11 is 5.94. The van der Waals surface area contributed by atoms with Crippen LogP contribution in [0.25, 0.3) is 21.8 Å². The zero-order valence-corrected chi connectivity index (χ0v) is 12.8. The molecule has 0 radical (unpaired) electrons. The number of aromatic nitrogens is 3. The lowest BCUT2D eigenvalue weighted by atomic mass is 10.1. The van der Waals surface area contributed by atoms with Crippen molar-refractivity contribution in [2.45, 2.75) is 6.42 Å². The van der Waals surface area contributed by atoms with Crippen molar-refractivity contribution in [3.8, 4) is 0 Å². The van der Waals surface area contributed by atoms with E-state index in [1.165, 1.54) is 0 Å². The number of aliphatic carboxylic acids is 1. The van der Waals surface area contributed by atoms with Crippen LogP contribution in [0.5, 0.6) is 0 Å². The van der Waals surface area contributed by atoms with Crippen LogP contribution in [0, 0.1) is 0 Å². The van der Waals surface area contributed by atoms with Crippen LogP contribution in [0.2, 0.25) is 5.02 Å². The van der Waals surface area contributed by atoms with Gasteiger partial charge in [-0.15, -0.1) is 0 Å². The fourth-order valence-corrected chi connectivity index (χ4v) is 2.39. The van der Waals surface area contributed by atoms with Gasteiger partial charge in [0.1, 0.15) is 5.52 Å². The highest BCUT2D eigenvalue weighted by atomic mass is 35.5. The number of pyridine rings is 1. The number of nitrogens with zero attached hydrogens (tertiary/aromatic N) is 1. The number of H-pyrrole nitrogens is 2. The summed E-state index contributed by atoms with van der Waals surface area (Å²) in [5.74, 6) is -1.03. The van der Waals surface area contributed by atoms with Gasteiger partial charge >= 0.3 is 5.97 Å². The molecule has 0 spiro atoms. The Morgan fingerprint density at radius 1 is 1.29 bits per heavy atom. The van der Waals surface area contributed by atoms with E-state index in [1.807, 2.05) is 0 Å². The van der Waals surface area contributed by atoms with Gasteiger partial charge in [-0.05, 0) is 18.2 Å². The fourth-order valence-electron chi connectivity index (χ4n) is 2.23. The van der Waals surface area contributed by atoms with Crippen LogP contribution >= 0.6 is 11.6 Å². The Morgan fingerprint density at radius 3 is 2.79 bits per heavy atom. The molecule has 2 heterocycles. The molecule has 3 aromatic rings. The lowest BCUT2D eigenvalue weighted by Gasteiger charge is -2.12. The number of hydrogen-bond acceptors (Lipinski definition) is 6. The molecule has 0 saturated heterocycles. The van der Waals surface area contributed by atoms with Crippen LogP contribution in [0.1, 0.15) is 6.42 Å². The summed E-state index contributed by atoms with van der Waals surface area (Å²) < 4.78 is 0. The number of anilines is 1. The molecular formula is C14H11ClN4O5. The second-order valence-corrected chi connectivity index (χ2v) is 5.31. The standard InChI is InChI=1S/C14H11ClN4O5/c15-6-1-2-7-8(5-6)16-12-10(13(22)17-18-14(12)23)11(7)19-24-4-3-9(20)21/h1-2,5H,3-4H2,(H,16,19)(H,17,22)(H,18,23)(H,20,21).